The number of likely N-dealkylation sites (N-methyl/N-ethyl adjacent to an activating group) is 1. The monoisotopic (exact) mass is 362 g/mol. The zero-order chi connectivity index (χ0) is 18.6. The number of para-hydroxylation sites is 3. The van der Waals surface area contributed by atoms with E-state index in [1.807, 2.05) is 41.3 Å². The second-order valence-electron chi connectivity index (χ2n) is 7.23. The third-order valence-electron chi connectivity index (χ3n) is 5.28. The van der Waals surface area contributed by atoms with Crippen LogP contribution in [0.25, 0.3) is 16.7 Å². The molecule has 1 saturated heterocycles. The highest BCUT2D eigenvalue weighted by Gasteiger charge is 2.19. The summed E-state index contributed by atoms with van der Waals surface area (Å²) in [5.41, 5.74) is 3.15. The molecular formula is C22H26N4O. The minimum Gasteiger partial charge on any atom is -0.341 e. The summed E-state index contributed by atoms with van der Waals surface area (Å²) in [6.07, 6.45) is 2.19. The lowest BCUT2D eigenvalue weighted by atomic mass is 10.2. The van der Waals surface area contributed by atoms with Crippen LogP contribution in [0.1, 0.15) is 18.7 Å². The minimum atomic E-state index is 0.233. The average molecular weight is 362 g/mol. The topological polar surface area (TPSA) is 41.4 Å². The van der Waals surface area contributed by atoms with E-state index in [2.05, 4.69) is 34.7 Å². The van der Waals surface area contributed by atoms with Gasteiger partial charge in [0, 0.05) is 38.2 Å². The molecule has 2 aromatic carbocycles. The number of hydrogen-bond acceptors (Lipinski definition) is 3. The molecule has 1 amide bonds. The largest absolute Gasteiger partial charge is 0.341 e. The summed E-state index contributed by atoms with van der Waals surface area (Å²) < 4.78 is 2.18. The molecule has 0 aliphatic carbocycles. The van der Waals surface area contributed by atoms with Crippen LogP contribution in [0.15, 0.2) is 54.6 Å². The number of hydrogen-bond donors (Lipinski definition) is 0. The SMILES string of the molecule is CN1CCCN(C(=O)CCc2nc3ccccc3n2-c2ccccc2)CC1. The number of fused-ring (bicyclic) bond motifs is 1. The van der Waals surface area contributed by atoms with Gasteiger partial charge in [-0.1, -0.05) is 30.3 Å². The normalized spacial score (nSPS) is 15.8. The van der Waals surface area contributed by atoms with Gasteiger partial charge in [-0.2, -0.15) is 0 Å². The summed E-state index contributed by atoms with van der Waals surface area (Å²) in [4.78, 5) is 21.9. The fourth-order valence-electron chi connectivity index (χ4n) is 3.78. The number of carbonyl (C=O) groups excluding carboxylic acids is 1. The highest BCUT2D eigenvalue weighted by Crippen LogP contribution is 2.22. The first-order valence-corrected chi connectivity index (χ1v) is 9.70. The Labute approximate surface area is 160 Å². The number of carbonyl (C=O) groups is 1. The molecule has 0 spiro atoms. The first kappa shape index (κ1) is 17.7. The molecule has 1 aromatic heterocycles. The van der Waals surface area contributed by atoms with Crippen LogP contribution in [0.4, 0.5) is 0 Å². The van der Waals surface area contributed by atoms with Gasteiger partial charge in [0.2, 0.25) is 5.91 Å². The number of amides is 1. The molecule has 0 bridgehead atoms. The second-order valence-corrected chi connectivity index (χ2v) is 7.23. The van der Waals surface area contributed by atoms with Crippen LogP contribution in [0.3, 0.4) is 0 Å². The number of nitrogens with zero attached hydrogens (tertiary/aromatic N) is 4. The molecule has 1 fully saturated rings. The summed E-state index contributed by atoms with van der Waals surface area (Å²) in [5.74, 6) is 1.18. The molecule has 2 heterocycles. The molecule has 4 rings (SSSR count). The van der Waals surface area contributed by atoms with Crippen molar-refractivity contribution >= 4 is 16.9 Å². The predicted molar refractivity (Wildman–Crippen MR) is 108 cm³/mol. The van der Waals surface area contributed by atoms with E-state index in [4.69, 9.17) is 4.98 Å². The minimum absolute atomic E-state index is 0.233. The van der Waals surface area contributed by atoms with Gasteiger partial charge in [-0.3, -0.25) is 9.36 Å². The second kappa shape index (κ2) is 7.92. The van der Waals surface area contributed by atoms with Gasteiger partial charge in [-0.25, -0.2) is 4.98 Å². The molecule has 5 nitrogen and oxygen atoms in total. The van der Waals surface area contributed by atoms with Crippen molar-refractivity contribution in [3.8, 4) is 5.69 Å². The van der Waals surface area contributed by atoms with Crippen LogP contribution in [-0.4, -0.2) is 58.5 Å². The van der Waals surface area contributed by atoms with Gasteiger partial charge in [0.15, 0.2) is 0 Å². The molecule has 0 radical (unpaired) electrons. The number of imidazole rings is 1. The highest BCUT2D eigenvalue weighted by atomic mass is 16.2. The molecule has 27 heavy (non-hydrogen) atoms. The van der Waals surface area contributed by atoms with Gasteiger partial charge in [-0.05, 0) is 44.3 Å². The first-order chi connectivity index (χ1) is 13.2. The van der Waals surface area contributed by atoms with E-state index in [1.54, 1.807) is 0 Å². The van der Waals surface area contributed by atoms with E-state index in [0.29, 0.717) is 12.8 Å². The summed E-state index contributed by atoms with van der Waals surface area (Å²) in [6, 6.07) is 18.4. The molecule has 0 unspecified atom stereocenters. The fourth-order valence-corrected chi connectivity index (χ4v) is 3.78. The maximum absolute atomic E-state index is 12.8. The lowest BCUT2D eigenvalue weighted by Crippen LogP contribution is -2.34. The lowest BCUT2D eigenvalue weighted by molar-refractivity contribution is -0.131. The molecule has 0 N–H and O–H groups in total. The van der Waals surface area contributed by atoms with Gasteiger partial charge < -0.3 is 9.80 Å². The summed E-state index contributed by atoms with van der Waals surface area (Å²) >= 11 is 0. The Morgan fingerprint density at radius 1 is 0.963 bits per heavy atom. The van der Waals surface area contributed by atoms with Gasteiger partial charge in [0.1, 0.15) is 5.82 Å². The number of aryl methyl sites for hydroxylation is 1. The van der Waals surface area contributed by atoms with Crippen molar-refractivity contribution in [1.82, 2.24) is 19.4 Å². The van der Waals surface area contributed by atoms with E-state index in [-0.39, 0.29) is 5.91 Å². The first-order valence-electron chi connectivity index (χ1n) is 9.70. The van der Waals surface area contributed by atoms with Gasteiger partial charge >= 0.3 is 0 Å². The zero-order valence-electron chi connectivity index (χ0n) is 15.8. The number of rotatable bonds is 4. The lowest BCUT2D eigenvalue weighted by Gasteiger charge is -2.20. The van der Waals surface area contributed by atoms with Crippen molar-refractivity contribution in [2.75, 3.05) is 33.2 Å². The Morgan fingerprint density at radius 3 is 2.59 bits per heavy atom. The zero-order valence-corrected chi connectivity index (χ0v) is 15.8. The van der Waals surface area contributed by atoms with E-state index in [9.17, 15) is 4.79 Å². The van der Waals surface area contributed by atoms with Gasteiger partial charge in [-0.15, -0.1) is 0 Å². The fraction of sp³-hybridized carbons (Fsp3) is 0.364. The Balaban J connectivity index is 1.56. The van der Waals surface area contributed by atoms with Crippen LogP contribution in [0.5, 0.6) is 0 Å². The van der Waals surface area contributed by atoms with Crippen molar-refractivity contribution < 1.29 is 4.79 Å². The molecule has 1 aliphatic heterocycles. The summed E-state index contributed by atoms with van der Waals surface area (Å²) in [6.45, 7) is 3.70. The molecular weight excluding hydrogens is 336 g/mol. The smallest absolute Gasteiger partial charge is 0.223 e. The van der Waals surface area contributed by atoms with Crippen LogP contribution in [0, 0.1) is 0 Å². The maximum Gasteiger partial charge on any atom is 0.223 e. The van der Waals surface area contributed by atoms with Gasteiger partial charge in [0.05, 0.1) is 11.0 Å². The molecule has 5 heteroatoms. The Kier molecular flexibility index (Phi) is 5.21. The van der Waals surface area contributed by atoms with Crippen LogP contribution in [-0.2, 0) is 11.2 Å². The standard InChI is InChI=1S/C22H26N4O/c1-24-14-7-15-25(17-16-24)22(27)13-12-21-23-19-10-5-6-11-20(19)26(21)18-8-3-2-4-9-18/h2-6,8-11H,7,12-17H2,1H3. The van der Waals surface area contributed by atoms with Crippen molar-refractivity contribution in [1.29, 1.82) is 0 Å². The molecule has 1 aliphatic rings. The van der Waals surface area contributed by atoms with Crippen molar-refractivity contribution in [3.05, 3.63) is 60.4 Å². The number of aromatic nitrogens is 2. The number of benzene rings is 2. The molecule has 140 valence electrons. The summed E-state index contributed by atoms with van der Waals surface area (Å²) in [5, 5.41) is 0. The predicted octanol–water partition coefficient (Wildman–Crippen LogP) is 3.12. The van der Waals surface area contributed by atoms with E-state index in [1.165, 1.54) is 0 Å². The van der Waals surface area contributed by atoms with Crippen molar-refractivity contribution in [2.45, 2.75) is 19.3 Å². The molecule has 0 saturated carbocycles. The van der Waals surface area contributed by atoms with Crippen LogP contribution < -0.4 is 0 Å². The van der Waals surface area contributed by atoms with Crippen molar-refractivity contribution in [2.24, 2.45) is 0 Å². The van der Waals surface area contributed by atoms with E-state index < -0.39 is 0 Å². The third-order valence-corrected chi connectivity index (χ3v) is 5.28. The van der Waals surface area contributed by atoms with Crippen molar-refractivity contribution in [3.63, 3.8) is 0 Å². The van der Waals surface area contributed by atoms with E-state index in [0.717, 1.165) is 55.1 Å². The average Bonchev–Trinajstić information content (AvgIpc) is 2.93. The van der Waals surface area contributed by atoms with Gasteiger partial charge in [0.25, 0.3) is 0 Å². The Bertz CT molecular complexity index is 918. The Morgan fingerprint density at radius 2 is 1.74 bits per heavy atom. The quantitative estimate of drug-likeness (QED) is 0.716. The molecule has 0 atom stereocenters. The Hall–Kier alpha value is -2.66. The van der Waals surface area contributed by atoms with Crippen LogP contribution in [0.2, 0.25) is 0 Å². The molecule has 3 aromatic rings. The maximum atomic E-state index is 12.8. The summed E-state index contributed by atoms with van der Waals surface area (Å²) in [7, 11) is 2.12. The van der Waals surface area contributed by atoms with E-state index >= 15 is 0 Å². The third kappa shape index (κ3) is 3.88. The highest BCUT2D eigenvalue weighted by molar-refractivity contribution is 5.79. The van der Waals surface area contributed by atoms with Crippen LogP contribution >= 0.6 is 0 Å².